The van der Waals surface area contributed by atoms with Crippen LogP contribution in [-0.4, -0.2) is 41.9 Å². The number of rotatable bonds is 5. The highest BCUT2D eigenvalue weighted by molar-refractivity contribution is 7.89. The predicted octanol–water partition coefficient (Wildman–Crippen LogP) is 4.55. The molecule has 2 N–H and O–H groups in total. The molecule has 1 aliphatic heterocycles. The number of halogens is 1. The zero-order valence-electron chi connectivity index (χ0n) is 16.8. The lowest BCUT2D eigenvalue weighted by atomic mass is 10.1. The molecule has 0 atom stereocenters. The number of nitrogens with one attached hydrogen (secondary N) is 2. The van der Waals surface area contributed by atoms with E-state index in [1.54, 1.807) is 28.6 Å². The summed E-state index contributed by atoms with van der Waals surface area (Å²) in [4.78, 5) is 12.8. The monoisotopic (exact) mass is 458 g/mol. The van der Waals surface area contributed by atoms with Crippen molar-refractivity contribution in [3.63, 3.8) is 0 Å². The number of carbonyl (C=O) groups is 1. The zero-order valence-corrected chi connectivity index (χ0v) is 18.4. The van der Waals surface area contributed by atoms with Gasteiger partial charge in [-0.3, -0.25) is 9.89 Å². The maximum absolute atomic E-state index is 12.9. The summed E-state index contributed by atoms with van der Waals surface area (Å²) in [7, 11) is -3.52. The molecule has 0 bridgehead atoms. The lowest BCUT2D eigenvalue weighted by molar-refractivity contribution is 0.102. The highest BCUT2D eigenvalue weighted by Gasteiger charge is 2.25. The number of nitrogens with zero attached hydrogens (tertiary/aromatic N) is 2. The van der Waals surface area contributed by atoms with Gasteiger partial charge in [-0.25, -0.2) is 8.42 Å². The molecule has 1 saturated heterocycles. The lowest BCUT2D eigenvalue weighted by Crippen LogP contribution is -2.31. The van der Waals surface area contributed by atoms with Crippen molar-refractivity contribution in [2.75, 3.05) is 18.4 Å². The number of hydrogen-bond donors (Lipinski definition) is 2. The Morgan fingerprint density at radius 2 is 1.68 bits per heavy atom. The molecule has 1 aromatic heterocycles. The Morgan fingerprint density at radius 3 is 2.35 bits per heavy atom. The van der Waals surface area contributed by atoms with Crippen LogP contribution in [0.5, 0.6) is 0 Å². The number of anilines is 1. The smallest absolute Gasteiger partial charge is 0.273 e. The third kappa shape index (κ3) is 4.81. The number of benzene rings is 2. The Balaban J connectivity index is 1.46. The topological polar surface area (TPSA) is 95.2 Å². The number of sulfonamides is 1. The summed E-state index contributed by atoms with van der Waals surface area (Å²) in [5, 5.41) is 10.2. The Bertz CT molecular complexity index is 1170. The molecular formula is C22H23ClN4O3S. The van der Waals surface area contributed by atoms with Gasteiger partial charge in [0.1, 0.15) is 5.69 Å². The fourth-order valence-corrected chi connectivity index (χ4v) is 5.33. The Morgan fingerprint density at radius 1 is 1.00 bits per heavy atom. The van der Waals surface area contributed by atoms with Crippen LogP contribution in [0.1, 0.15) is 36.2 Å². The first-order valence-electron chi connectivity index (χ1n) is 10.2. The summed E-state index contributed by atoms with van der Waals surface area (Å²) in [6.07, 6.45) is 3.88. The van der Waals surface area contributed by atoms with Crippen LogP contribution in [0.15, 0.2) is 59.5 Å². The molecule has 2 heterocycles. The van der Waals surface area contributed by atoms with Crippen molar-refractivity contribution in [3.05, 3.63) is 65.3 Å². The van der Waals surface area contributed by atoms with Crippen LogP contribution in [0, 0.1) is 0 Å². The molecule has 3 aromatic rings. The fourth-order valence-electron chi connectivity index (χ4n) is 3.58. The van der Waals surface area contributed by atoms with E-state index in [0.29, 0.717) is 29.5 Å². The van der Waals surface area contributed by atoms with Gasteiger partial charge in [0.25, 0.3) is 5.91 Å². The van der Waals surface area contributed by atoms with E-state index in [-0.39, 0.29) is 16.5 Å². The van der Waals surface area contributed by atoms with Gasteiger partial charge in [-0.1, -0.05) is 42.6 Å². The van der Waals surface area contributed by atoms with E-state index in [0.717, 1.165) is 31.2 Å². The third-order valence-electron chi connectivity index (χ3n) is 5.29. The summed E-state index contributed by atoms with van der Waals surface area (Å²) in [5.74, 6) is -0.381. The number of amides is 1. The van der Waals surface area contributed by atoms with Gasteiger partial charge in [-0.2, -0.15) is 9.40 Å². The minimum absolute atomic E-state index is 0.231. The summed E-state index contributed by atoms with van der Waals surface area (Å²) in [6, 6.07) is 15.1. The maximum atomic E-state index is 12.9. The van der Waals surface area contributed by atoms with Crippen molar-refractivity contribution < 1.29 is 13.2 Å². The molecule has 162 valence electrons. The van der Waals surface area contributed by atoms with Crippen LogP contribution in [0.4, 0.5) is 5.69 Å². The molecule has 0 spiro atoms. The number of H-pyrrole nitrogens is 1. The first kappa shape index (κ1) is 21.5. The molecule has 1 fully saturated rings. The molecule has 0 radical (unpaired) electrons. The van der Waals surface area contributed by atoms with E-state index in [1.807, 2.05) is 18.2 Å². The van der Waals surface area contributed by atoms with Crippen molar-refractivity contribution in [2.45, 2.75) is 30.6 Å². The molecule has 1 aliphatic rings. The highest BCUT2D eigenvalue weighted by Crippen LogP contribution is 2.26. The van der Waals surface area contributed by atoms with Crippen LogP contribution in [0.25, 0.3) is 11.3 Å². The molecule has 0 aliphatic carbocycles. The largest absolute Gasteiger partial charge is 0.321 e. The summed E-state index contributed by atoms with van der Waals surface area (Å²) >= 11 is 6.19. The minimum Gasteiger partial charge on any atom is -0.321 e. The minimum atomic E-state index is -3.52. The van der Waals surface area contributed by atoms with Gasteiger partial charge in [-0.15, -0.1) is 0 Å². The van der Waals surface area contributed by atoms with Gasteiger partial charge in [-0.05, 0) is 49.2 Å². The van der Waals surface area contributed by atoms with Gasteiger partial charge < -0.3 is 5.32 Å². The zero-order chi connectivity index (χ0) is 21.8. The summed E-state index contributed by atoms with van der Waals surface area (Å²) < 4.78 is 27.3. The summed E-state index contributed by atoms with van der Waals surface area (Å²) in [6.45, 7) is 1.10. The number of carbonyl (C=O) groups excluding carboxylic acids is 1. The van der Waals surface area contributed by atoms with Crippen molar-refractivity contribution in [1.29, 1.82) is 0 Å². The second-order valence-electron chi connectivity index (χ2n) is 7.44. The van der Waals surface area contributed by atoms with E-state index >= 15 is 0 Å². The van der Waals surface area contributed by atoms with Crippen molar-refractivity contribution in [2.24, 2.45) is 0 Å². The van der Waals surface area contributed by atoms with E-state index in [1.165, 1.54) is 12.1 Å². The number of aromatic nitrogens is 2. The molecule has 9 heteroatoms. The molecule has 31 heavy (non-hydrogen) atoms. The molecule has 7 nitrogen and oxygen atoms in total. The van der Waals surface area contributed by atoms with E-state index in [2.05, 4.69) is 15.5 Å². The predicted molar refractivity (Wildman–Crippen MR) is 121 cm³/mol. The Labute approximate surface area is 186 Å². The standard InChI is InChI=1S/C22H23ClN4O3S/c23-19-8-4-3-7-18(19)20-15-21(26-25-20)22(28)24-16-9-11-17(12-10-16)31(29,30)27-13-5-1-2-6-14-27/h3-4,7-12,15H,1-2,5-6,13-14H2,(H,24,28)(H,25,26). The van der Waals surface area contributed by atoms with Gasteiger partial charge in [0.2, 0.25) is 10.0 Å². The Hall–Kier alpha value is -2.68. The second-order valence-corrected chi connectivity index (χ2v) is 9.79. The van der Waals surface area contributed by atoms with Crippen molar-refractivity contribution >= 4 is 33.2 Å². The molecule has 0 saturated carbocycles. The average molecular weight is 459 g/mol. The highest BCUT2D eigenvalue weighted by atomic mass is 35.5. The van der Waals surface area contributed by atoms with Crippen molar-refractivity contribution in [3.8, 4) is 11.3 Å². The number of hydrogen-bond acceptors (Lipinski definition) is 4. The van der Waals surface area contributed by atoms with Crippen molar-refractivity contribution in [1.82, 2.24) is 14.5 Å². The third-order valence-corrected chi connectivity index (χ3v) is 7.53. The molecule has 2 aromatic carbocycles. The van der Waals surface area contributed by atoms with E-state index in [4.69, 9.17) is 11.6 Å². The van der Waals surface area contributed by atoms with Crippen LogP contribution < -0.4 is 5.32 Å². The molecule has 4 rings (SSSR count). The van der Waals surface area contributed by atoms with Gasteiger partial charge >= 0.3 is 0 Å². The Kier molecular flexibility index (Phi) is 6.41. The van der Waals surface area contributed by atoms with Gasteiger partial charge in [0.15, 0.2) is 0 Å². The van der Waals surface area contributed by atoms with Crippen LogP contribution in [-0.2, 0) is 10.0 Å². The fraction of sp³-hybridized carbons (Fsp3) is 0.273. The normalized spacial score (nSPS) is 15.4. The lowest BCUT2D eigenvalue weighted by Gasteiger charge is -2.20. The second kappa shape index (κ2) is 9.21. The van der Waals surface area contributed by atoms with E-state index < -0.39 is 10.0 Å². The van der Waals surface area contributed by atoms with Gasteiger partial charge in [0, 0.05) is 24.3 Å². The quantitative estimate of drug-likeness (QED) is 0.586. The van der Waals surface area contributed by atoms with Crippen LogP contribution in [0.2, 0.25) is 5.02 Å². The van der Waals surface area contributed by atoms with Crippen LogP contribution >= 0.6 is 11.6 Å². The first-order valence-corrected chi connectivity index (χ1v) is 12.0. The van der Waals surface area contributed by atoms with E-state index in [9.17, 15) is 13.2 Å². The molecule has 1 amide bonds. The molecular weight excluding hydrogens is 436 g/mol. The summed E-state index contributed by atoms with van der Waals surface area (Å²) in [5.41, 5.74) is 2.06. The molecule has 0 unspecified atom stereocenters. The van der Waals surface area contributed by atoms with Crippen LogP contribution in [0.3, 0.4) is 0 Å². The average Bonchev–Trinajstić information content (AvgIpc) is 3.08. The van der Waals surface area contributed by atoms with Gasteiger partial charge in [0.05, 0.1) is 15.6 Å². The number of aromatic amines is 1. The SMILES string of the molecule is O=C(Nc1ccc(S(=O)(=O)N2CCCCCC2)cc1)c1cc(-c2ccccc2Cl)n[nH]1. The maximum Gasteiger partial charge on any atom is 0.273 e. The first-order chi connectivity index (χ1) is 14.9.